The summed E-state index contributed by atoms with van der Waals surface area (Å²) in [5, 5.41) is 43.1. The molecule has 1 aromatic heterocycles. The van der Waals surface area contributed by atoms with E-state index in [0.29, 0.717) is 5.58 Å². The largest absolute Gasteiger partial charge is 0.459 e. The summed E-state index contributed by atoms with van der Waals surface area (Å²) in [5.41, 5.74) is -5.61. The van der Waals surface area contributed by atoms with Gasteiger partial charge in [0.2, 0.25) is 5.79 Å². The molecule has 0 unspecified atom stereocenters. The van der Waals surface area contributed by atoms with Crippen molar-refractivity contribution in [2.24, 2.45) is 0 Å². The topological polar surface area (TPSA) is 130 Å². The lowest BCUT2D eigenvalue weighted by Crippen LogP contribution is -2.82. The van der Waals surface area contributed by atoms with Crippen LogP contribution < -0.4 is 10.4 Å². The highest BCUT2D eigenvalue weighted by molar-refractivity contribution is 5.81. The van der Waals surface area contributed by atoms with Gasteiger partial charge in [0.05, 0.1) is 6.61 Å². The number of hydrogen-bond acceptors (Lipinski definition) is 8. The molecule has 8 nitrogen and oxygen atoms in total. The summed E-state index contributed by atoms with van der Waals surface area (Å²) < 4.78 is 16.8. The summed E-state index contributed by atoms with van der Waals surface area (Å²) in [4.78, 5) is 11.6. The Bertz CT molecular complexity index is 958. The number of hydrogen-bond donors (Lipinski definition) is 4. The predicted molar refractivity (Wildman–Crippen MR) is 100 cm³/mol. The molecule has 1 saturated heterocycles. The summed E-state index contributed by atoms with van der Waals surface area (Å²) in [6.45, 7) is 6.37. The second-order valence-corrected chi connectivity index (χ2v) is 8.04. The van der Waals surface area contributed by atoms with E-state index >= 15 is 0 Å². The van der Waals surface area contributed by atoms with Crippen LogP contribution in [-0.2, 0) is 4.74 Å². The quantitative estimate of drug-likeness (QED) is 0.564. The molecular weight excluding hydrogens is 368 g/mol. The van der Waals surface area contributed by atoms with E-state index in [1.165, 1.54) is 39.8 Å². The molecule has 8 heteroatoms. The second kappa shape index (κ2) is 6.27. The third-order valence-electron chi connectivity index (χ3n) is 6.21. The van der Waals surface area contributed by atoms with Crippen molar-refractivity contribution >= 4 is 11.0 Å². The summed E-state index contributed by atoms with van der Waals surface area (Å²) in [6, 6.07) is 6.16. The van der Waals surface area contributed by atoms with E-state index in [4.69, 9.17) is 13.9 Å². The van der Waals surface area contributed by atoms with E-state index in [2.05, 4.69) is 0 Å². The van der Waals surface area contributed by atoms with Crippen LogP contribution in [0.3, 0.4) is 0 Å². The number of rotatable bonds is 3. The van der Waals surface area contributed by atoms with Gasteiger partial charge in [-0.15, -0.1) is 0 Å². The Balaban J connectivity index is 2.07. The Labute approximate surface area is 161 Å². The predicted octanol–water partition coefficient (Wildman–Crippen LogP) is 0.841. The highest BCUT2D eigenvalue weighted by Gasteiger charge is 2.71. The van der Waals surface area contributed by atoms with Gasteiger partial charge in [-0.1, -0.05) is 0 Å². The molecule has 5 atom stereocenters. The molecule has 0 amide bonds. The van der Waals surface area contributed by atoms with Crippen LogP contribution in [0.1, 0.15) is 33.3 Å². The minimum Gasteiger partial charge on any atom is -0.459 e. The number of fused-ring (bicyclic) bond motifs is 1. The molecule has 28 heavy (non-hydrogen) atoms. The monoisotopic (exact) mass is 394 g/mol. The first-order valence-electron chi connectivity index (χ1n) is 8.96. The van der Waals surface area contributed by atoms with Crippen LogP contribution in [0.5, 0.6) is 5.75 Å². The number of aliphatic hydroxyl groups excluding tert-OH is 1. The highest BCUT2D eigenvalue weighted by Crippen LogP contribution is 2.49. The summed E-state index contributed by atoms with van der Waals surface area (Å²) >= 11 is 0. The average molecular weight is 394 g/mol. The lowest BCUT2D eigenvalue weighted by atomic mass is 9.65. The Morgan fingerprint density at radius 2 is 1.71 bits per heavy atom. The minimum absolute atomic E-state index is 0.207. The first-order valence-corrected chi connectivity index (χ1v) is 8.96. The molecule has 154 valence electrons. The van der Waals surface area contributed by atoms with Gasteiger partial charge in [0.15, 0.2) is 5.60 Å². The molecule has 1 aliphatic heterocycles. The maximum Gasteiger partial charge on any atom is 0.336 e. The van der Waals surface area contributed by atoms with Gasteiger partial charge in [-0.25, -0.2) is 4.79 Å². The van der Waals surface area contributed by atoms with Crippen LogP contribution in [0.15, 0.2) is 33.5 Å². The lowest BCUT2D eigenvalue weighted by Gasteiger charge is -2.61. The first-order chi connectivity index (χ1) is 12.8. The van der Waals surface area contributed by atoms with Gasteiger partial charge >= 0.3 is 5.63 Å². The van der Waals surface area contributed by atoms with E-state index in [1.807, 2.05) is 0 Å². The van der Waals surface area contributed by atoms with Crippen LogP contribution in [0, 0.1) is 6.92 Å². The first kappa shape index (κ1) is 20.8. The maximum atomic E-state index is 11.6. The van der Waals surface area contributed by atoms with Gasteiger partial charge in [0.1, 0.15) is 28.6 Å². The molecule has 0 saturated carbocycles. The number of aliphatic hydroxyl groups is 4. The van der Waals surface area contributed by atoms with Crippen LogP contribution in [-0.4, -0.2) is 55.7 Å². The molecule has 2 aromatic rings. The minimum atomic E-state index is -2.10. The van der Waals surface area contributed by atoms with Gasteiger partial charge in [0.25, 0.3) is 0 Å². The molecule has 1 fully saturated rings. The number of benzene rings is 1. The maximum absolute atomic E-state index is 11.6. The Morgan fingerprint density at radius 3 is 2.32 bits per heavy atom. The van der Waals surface area contributed by atoms with Crippen LogP contribution >= 0.6 is 0 Å². The average Bonchev–Trinajstić information content (AvgIpc) is 2.57. The van der Waals surface area contributed by atoms with Gasteiger partial charge < -0.3 is 34.3 Å². The SMILES string of the molecule is Cc1cc(=O)oc2cc(O[C@]3(C)O[C@@H](CO)[C@](C)(O)[C@@](C)(O)[C@@]3(C)O)ccc12. The Hall–Kier alpha value is -1.97. The van der Waals surface area contributed by atoms with Gasteiger partial charge in [-0.05, 0) is 45.4 Å². The van der Waals surface area contributed by atoms with Crippen molar-refractivity contribution < 1.29 is 34.3 Å². The Morgan fingerprint density at radius 1 is 1.07 bits per heavy atom. The van der Waals surface area contributed by atoms with E-state index in [0.717, 1.165) is 10.9 Å². The summed E-state index contributed by atoms with van der Waals surface area (Å²) in [5.74, 6) is -1.64. The highest BCUT2D eigenvalue weighted by atomic mass is 16.7. The van der Waals surface area contributed by atoms with Crippen molar-refractivity contribution in [2.45, 2.75) is 63.3 Å². The molecule has 2 heterocycles. The molecule has 4 N–H and O–H groups in total. The van der Waals surface area contributed by atoms with Gasteiger partial charge in [-0.3, -0.25) is 0 Å². The molecule has 1 aliphatic rings. The van der Waals surface area contributed by atoms with E-state index < -0.39 is 40.9 Å². The normalized spacial score (nSPS) is 38.5. The van der Waals surface area contributed by atoms with Crippen molar-refractivity contribution in [3.05, 3.63) is 40.2 Å². The van der Waals surface area contributed by atoms with Gasteiger partial charge in [-0.2, -0.15) is 0 Å². The van der Waals surface area contributed by atoms with E-state index in [1.54, 1.807) is 19.1 Å². The fraction of sp³-hybridized carbons (Fsp3) is 0.550. The molecule has 0 spiro atoms. The number of aryl methyl sites for hydroxylation is 1. The standard InChI is InChI=1S/C20H26O8/c1-11-8-16(22)26-14-9-12(6-7-13(11)14)27-20(5)19(4,25)18(3,24)17(2,23)15(10-21)28-20/h6-9,15,21,23-25H,10H2,1-5H3/t15-,17-,18+,19+,20+/m0/s1. The van der Waals surface area contributed by atoms with Crippen LogP contribution in [0.25, 0.3) is 11.0 Å². The smallest absolute Gasteiger partial charge is 0.336 e. The molecule has 3 rings (SSSR count). The fourth-order valence-electron chi connectivity index (χ4n) is 3.68. The van der Waals surface area contributed by atoms with Gasteiger partial charge in [0, 0.05) is 24.4 Å². The third-order valence-corrected chi connectivity index (χ3v) is 6.21. The fourth-order valence-corrected chi connectivity index (χ4v) is 3.68. The molecule has 1 aromatic carbocycles. The second-order valence-electron chi connectivity index (χ2n) is 8.04. The van der Waals surface area contributed by atoms with E-state index in [-0.39, 0.29) is 5.75 Å². The molecular formula is C20H26O8. The van der Waals surface area contributed by atoms with Crippen molar-refractivity contribution in [3.8, 4) is 5.75 Å². The van der Waals surface area contributed by atoms with Crippen LogP contribution in [0.4, 0.5) is 0 Å². The zero-order chi connectivity index (χ0) is 21.1. The number of ether oxygens (including phenoxy) is 2. The summed E-state index contributed by atoms with van der Waals surface area (Å²) in [6.07, 6.45) is -1.23. The summed E-state index contributed by atoms with van der Waals surface area (Å²) in [7, 11) is 0. The van der Waals surface area contributed by atoms with Crippen molar-refractivity contribution in [2.75, 3.05) is 6.61 Å². The lowest BCUT2D eigenvalue weighted by molar-refractivity contribution is -0.415. The Kier molecular flexibility index (Phi) is 4.64. The van der Waals surface area contributed by atoms with Crippen molar-refractivity contribution in [1.82, 2.24) is 0 Å². The zero-order valence-corrected chi connectivity index (χ0v) is 16.5. The zero-order valence-electron chi connectivity index (χ0n) is 16.5. The third kappa shape index (κ3) is 2.75. The molecule has 0 bridgehead atoms. The van der Waals surface area contributed by atoms with E-state index in [9.17, 15) is 25.2 Å². The molecule has 0 radical (unpaired) electrons. The van der Waals surface area contributed by atoms with Crippen LogP contribution in [0.2, 0.25) is 0 Å². The molecule has 0 aliphatic carbocycles. The van der Waals surface area contributed by atoms with Crippen molar-refractivity contribution in [1.29, 1.82) is 0 Å². The van der Waals surface area contributed by atoms with Crippen molar-refractivity contribution in [3.63, 3.8) is 0 Å².